The van der Waals surface area contributed by atoms with Crippen molar-refractivity contribution in [2.75, 3.05) is 4.90 Å². The molecule has 2 aromatic heterocycles. The molecule has 0 N–H and O–H groups in total. The van der Waals surface area contributed by atoms with E-state index in [2.05, 4.69) is 223 Å². The van der Waals surface area contributed by atoms with Gasteiger partial charge in [-0.05, 0) is 87.8 Å². The number of anilines is 3. The average Bonchev–Trinajstić information content (AvgIpc) is 3.92. The van der Waals surface area contributed by atoms with E-state index in [1.54, 1.807) is 0 Å². The molecule has 0 spiro atoms. The van der Waals surface area contributed by atoms with Crippen LogP contribution >= 0.6 is 0 Å². The average molecular weight is 773 g/mol. The van der Waals surface area contributed by atoms with Gasteiger partial charge in [-0.3, -0.25) is 0 Å². The van der Waals surface area contributed by atoms with Gasteiger partial charge in [0.2, 0.25) is 0 Å². The highest BCUT2D eigenvalue weighted by Crippen LogP contribution is 2.45. The van der Waals surface area contributed by atoms with Crippen molar-refractivity contribution in [1.29, 1.82) is 0 Å². The molecule has 0 unspecified atom stereocenters. The first kappa shape index (κ1) is 34.8. The maximum atomic E-state index is 6.87. The highest BCUT2D eigenvalue weighted by molar-refractivity contribution is 7.22. The summed E-state index contributed by atoms with van der Waals surface area (Å²) in [7, 11) is -2.92. The number of hydrogen-bond acceptors (Lipinski definition) is 2. The molecule has 59 heavy (non-hydrogen) atoms. The first-order valence-corrected chi connectivity index (χ1v) is 22.2. The first-order valence-electron chi connectivity index (χ1n) is 20.2. The molecule has 8 aromatic carbocycles. The van der Waals surface area contributed by atoms with Gasteiger partial charge in [-0.15, -0.1) is 0 Å². The molecule has 11 rings (SSSR count). The lowest BCUT2D eigenvalue weighted by molar-refractivity contribution is 0.670. The highest BCUT2D eigenvalue weighted by atomic mass is 28.3. The van der Waals surface area contributed by atoms with Crippen molar-refractivity contribution in [1.82, 2.24) is 4.57 Å². The Morgan fingerprint density at radius 3 is 1.97 bits per heavy atom. The lowest BCUT2D eigenvalue weighted by atomic mass is 10.0. The molecule has 1 aliphatic rings. The number of aromatic nitrogens is 1. The van der Waals surface area contributed by atoms with Crippen LogP contribution < -0.4 is 25.6 Å². The first-order chi connectivity index (χ1) is 29.2. The van der Waals surface area contributed by atoms with Gasteiger partial charge in [0.05, 0.1) is 11.2 Å². The van der Waals surface area contributed by atoms with E-state index in [1.807, 2.05) is 12.2 Å². The largest absolute Gasteiger partial charge is 0.455 e. The molecule has 4 heteroatoms. The second kappa shape index (κ2) is 13.9. The number of fused-ring (bicyclic) bond motifs is 8. The Morgan fingerprint density at radius 1 is 0.593 bits per heavy atom. The molecule has 0 radical (unpaired) electrons. The van der Waals surface area contributed by atoms with Crippen molar-refractivity contribution in [3.8, 4) is 16.8 Å². The maximum Gasteiger partial charge on any atom is 0.181 e. The summed E-state index contributed by atoms with van der Waals surface area (Å²) in [5, 5.41) is 8.88. The summed E-state index contributed by atoms with van der Waals surface area (Å²) in [6, 6.07) is 70.9. The zero-order valence-electron chi connectivity index (χ0n) is 32.7. The van der Waals surface area contributed by atoms with Gasteiger partial charge in [0.25, 0.3) is 0 Å². The number of para-hydroxylation sites is 3. The van der Waals surface area contributed by atoms with Gasteiger partial charge in [0.15, 0.2) is 8.07 Å². The number of rotatable bonds is 8. The molecule has 0 atom stereocenters. The van der Waals surface area contributed by atoms with Crippen LogP contribution in [0, 0.1) is 6.92 Å². The van der Waals surface area contributed by atoms with Crippen molar-refractivity contribution < 1.29 is 4.42 Å². The maximum absolute atomic E-state index is 6.87. The summed E-state index contributed by atoms with van der Waals surface area (Å²) >= 11 is 0. The van der Waals surface area contributed by atoms with Crippen LogP contribution in [-0.2, 0) is 0 Å². The van der Waals surface area contributed by atoms with Gasteiger partial charge in [-0.1, -0.05) is 164 Å². The molecule has 280 valence electrons. The van der Waals surface area contributed by atoms with Crippen LogP contribution in [0.1, 0.15) is 11.3 Å². The molecular formula is C55H40N2OSi. The molecule has 3 heterocycles. The second-order valence-electron chi connectivity index (χ2n) is 15.3. The number of furan rings is 1. The van der Waals surface area contributed by atoms with Crippen molar-refractivity contribution >= 4 is 84.8 Å². The van der Waals surface area contributed by atoms with Gasteiger partial charge < -0.3 is 13.9 Å². The predicted molar refractivity (Wildman–Crippen MR) is 252 cm³/mol. The highest BCUT2D eigenvalue weighted by Gasteiger charge is 2.50. The van der Waals surface area contributed by atoms with E-state index in [0.717, 1.165) is 50.2 Å². The van der Waals surface area contributed by atoms with E-state index in [0.29, 0.717) is 0 Å². The molecule has 0 bridgehead atoms. The van der Waals surface area contributed by atoms with E-state index in [1.165, 1.54) is 48.5 Å². The predicted octanol–water partition coefficient (Wildman–Crippen LogP) is 11.9. The lowest BCUT2D eigenvalue weighted by Crippen LogP contribution is -2.72. The van der Waals surface area contributed by atoms with Crippen LogP contribution in [-0.4, -0.2) is 12.6 Å². The Hall–Kier alpha value is -7.40. The fraction of sp³-hybridized carbons (Fsp3) is 0.0182. The minimum absolute atomic E-state index is 0.912. The fourth-order valence-electron chi connectivity index (χ4n) is 9.82. The third kappa shape index (κ3) is 5.20. The topological polar surface area (TPSA) is 21.3 Å². The van der Waals surface area contributed by atoms with Crippen molar-refractivity contribution in [3.05, 3.63) is 224 Å². The molecule has 3 nitrogen and oxygen atoms in total. The third-order valence-corrected chi connectivity index (χ3v) is 17.1. The summed E-state index contributed by atoms with van der Waals surface area (Å²) < 4.78 is 9.25. The van der Waals surface area contributed by atoms with E-state index < -0.39 is 8.07 Å². The van der Waals surface area contributed by atoms with Gasteiger partial charge >= 0.3 is 0 Å². The van der Waals surface area contributed by atoms with Crippen LogP contribution in [0.2, 0.25) is 0 Å². The van der Waals surface area contributed by atoms with E-state index >= 15 is 0 Å². The normalized spacial score (nSPS) is 13.0. The monoisotopic (exact) mass is 772 g/mol. The molecular weight excluding hydrogens is 733 g/mol. The van der Waals surface area contributed by atoms with Gasteiger partial charge in [-0.25, -0.2) is 0 Å². The second-order valence-corrected chi connectivity index (χ2v) is 19.0. The van der Waals surface area contributed by atoms with Crippen molar-refractivity contribution in [3.63, 3.8) is 0 Å². The van der Waals surface area contributed by atoms with Crippen LogP contribution in [0.15, 0.2) is 217 Å². The van der Waals surface area contributed by atoms with Gasteiger partial charge in [0, 0.05) is 50.0 Å². The summed E-state index contributed by atoms with van der Waals surface area (Å²) in [6.45, 7) is 6.26. The number of hydrogen-bond donors (Lipinski definition) is 0. The smallest absolute Gasteiger partial charge is 0.181 e. The molecule has 0 aliphatic carbocycles. The Kier molecular flexibility index (Phi) is 8.21. The molecule has 1 aliphatic heterocycles. The zero-order chi connectivity index (χ0) is 39.5. The van der Waals surface area contributed by atoms with Crippen LogP contribution in [0.3, 0.4) is 0 Å². The zero-order valence-corrected chi connectivity index (χ0v) is 33.7. The quantitative estimate of drug-likeness (QED) is 0.113. The SMILES string of the molecule is C=C/C=C\c1c(C)n(-c2ccccc2)c2cccc(N(c3ccccc3)c3ccc4c(c3)[Si](c3ccccc3)(c3ccccc3)c3ccc5c(oc6ccccc65)c3-4)c12. The number of benzene rings is 8. The minimum Gasteiger partial charge on any atom is -0.455 e. The summed E-state index contributed by atoms with van der Waals surface area (Å²) in [5.41, 5.74) is 12.2. The standard InChI is InChI=1S/C55H40N2OSi/c1-3-4-28-44-38(2)56(39-20-9-5-10-21-39)48-30-19-31-49(53(44)48)57(40-22-11-6-12-23-40)41-33-34-47-52(37-41)59(42-24-13-7-14-25-42,43-26-15-8-16-27-43)51-36-35-46-45-29-17-18-32-50(45)58-55(46)54(47)51/h3-37H,1H2,2H3/b28-4-. The van der Waals surface area contributed by atoms with E-state index in [9.17, 15) is 0 Å². The third-order valence-electron chi connectivity index (χ3n) is 12.2. The van der Waals surface area contributed by atoms with E-state index in [4.69, 9.17) is 4.42 Å². The van der Waals surface area contributed by atoms with Crippen molar-refractivity contribution in [2.24, 2.45) is 0 Å². The summed E-state index contributed by atoms with van der Waals surface area (Å²) in [6.07, 6.45) is 6.11. The van der Waals surface area contributed by atoms with Gasteiger partial charge in [0.1, 0.15) is 11.2 Å². The minimum atomic E-state index is -2.92. The summed E-state index contributed by atoms with van der Waals surface area (Å²) in [4.78, 5) is 2.46. The molecule has 0 saturated heterocycles. The Labute approximate surface area is 345 Å². The van der Waals surface area contributed by atoms with Crippen LogP contribution in [0.4, 0.5) is 17.1 Å². The van der Waals surface area contributed by atoms with Crippen LogP contribution in [0.5, 0.6) is 0 Å². The molecule has 0 saturated carbocycles. The molecule has 0 amide bonds. The van der Waals surface area contributed by atoms with E-state index in [-0.39, 0.29) is 0 Å². The fourth-order valence-corrected chi connectivity index (χ4v) is 15.0. The molecule has 10 aromatic rings. The Balaban J connectivity index is 1.25. The van der Waals surface area contributed by atoms with Gasteiger partial charge in [-0.2, -0.15) is 0 Å². The molecule has 0 fully saturated rings. The lowest BCUT2D eigenvalue weighted by Gasteiger charge is -2.33. The van der Waals surface area contributed by atoms with Crippen molar-refractivity contribution in [2.45, 2.75) is 6.92 Å². The summed E-state index contributed by atoms with van der Waals surface area (Å²) in [5.74, 6) is 0. The Morgan fingerprint density at radius 2 is 1.25 bits per heavy atom. The van der Waals surface area contributed by atoms with Crippen LogP contribution in [0.25, 0.3) is 55.7 Å². The number of nitrogens with zero attached hydrogens (tertiary/aromatic N) is 2. The Bertz CT molecular complexity index is 3200. The number of allylic oxidation sites excluding steroid dienone is 2.